The van der Waals surface area contributed by atoms with Crippen molar-refractivity contribution in [2.75, 3.05) is 6.54 Å². The summed E-state index contributed by atoms with van der Waals surface area (Å²) in [7, 11) is 0. The predicted molar refractivity (Wildman–Crippen MR) is 87.8 cm³/mol. The smallest absolute Gasteiger partial charge is 0.240 e. The molecule has 2 aromatic rings. The van der Waals surface area contributed by atoms with Crippen LogP contribution in [-0.2, 0) is 11.2 Å². The van der Waals surface area contributed by atoms with E-state index in [0.29, 0.717) is 42.3 Å². The largest absolute Gasteiger partial charge is 0.340 e. The summed E-state index contributed by atoms with van der Waals surface area (Å²) in [5, 5.41) is 3.88. The number of likely N-dealkylation sites (tertiary alicyclic amines) is 1. The molecule has 2 aromatic heterocycles. The highest BCUT2D eigenvalue weighted by molar-refractivity contribution is 5.76. The number of nitrogens with zero attached hydrogens (tertiary/aromatic N) is 5. The minimum atomic E-state index is 0.159. The van der Waals surface area contributed by atoms with E-state index in [1.165, 1.54) is 12.8 Å². The second kappa shape index (κ2) is 7.51. The van der Waals surface area contributed by atoms with Gasteiger partial charge in [-0.05, 0) is 31.7 Å². The Kier molecular flexibility index (Phi) is 5.17. The molecule has 0 radical (unpaired) electrons. The highest BCUT2D eigenvalue weighted by Gasteiger charge is 2.25. The molecule has 24 heavy (non-hydrogen) atoms. The lowest BCUT2D eigenvalue weighted by Crippen LogP contribution is -2.39. The van der Waals surface area contributed by atoms with Crippen LogP contribution in [0.1, 0.15) is 45.4 Å². The van der Waals surface area contributed by atoms with Gasteiger partial charge in [0.05, 0.1) is 0 Å². The summed E-state index contributed by atoms with van der Waals surface area (Å²) < 4.78 is 5.22. The number of aromatic nitrogens is 4. The molecule has 0 spiro atoms. The summed E-state index contributed by atoms with van der Waals surface area (Å²) in [5.41, 5.74) is 0. The van der Waals surface area contributed by atoms with E-state index in [1.54, 1.807) is 18.5 Å². The Morgan fingerprint density at radius 2 is 2.04 bits per heavy atom. The van der Waals surface area contributed by atoms with Crippen LogP contribution in [0.3, 0.4) is 0 Å². The van der Waals surface area contributed by atoms with Gasteiger partial charge in [-0.15, -0.1) is 0 Å². The van der Waals surface area contributed by atoms with Gasteiger partial charge in [-0.25, -0.2) is 9.97 Å². The summed E-state index contributed by atoms with van der Waals surface area (Å²) in [6.45, 7) is 5.18. The minimum Gasteiger partial charge on any atom is -0.340 e. The van der Waals surface area contributed by atoms with Gasteiger partial charge in [0.2, 0.25) is 23.4 Å². The van der Waals surface area contributed by atoms with E-state index in [9.17, 15) is 4.79 Å². The fourth-order valence-corrected chi connectivity index (χ4v) is 3.09. The number of aryl methyl sites for hydroxylation is 1. The van der Waals surface area contributed by atoms with Gasteiger partial charge >= 0.3 is 0 Å². The van der Waals surface area contributed by atoms with Gasteiger partial charge in [0, 0.05) is 37.8 Å². The molecule has 0 bridgehead atoms. The second-order valence-electron chi connectivity index (χ2n) is 6.52. The average molecular weight is 329 g/mol. The normalized spacial score (nSPS) is 21.5. The molecule has 2 atom stereocenters. The maximum atomic E-state index is 12.6. The lowest BCUT2D eigenvalue weighted by atomic mass is 10.1. The van der Waals surface area contributed by atoms with Crippen LogP contribution >= 0.6 is 0 Å². The molecule has 1 aliphatic rings. The number of hydrogen-bond donors (Lipinski definition) is 0. The zero-order valence-electron chi connectivity index (χ0n) is 14.2. The first-order valence-electron chi connectivity index (χ1n) is 8.53. The minimum absolute atomic E-state index is 0.159. The van der Waals surface area contributed by atoms with Crippen molar-refractivity contribution < 1.29 is 9.32 Å². The second-order valence-corrected chi connectivity index (χ2v) is 6.52. The van der Waals surface area contributed by atoms with Gasteiger partial charge in [-0.3, -0.25) is 4.79 Å². The molecule has 1 saturated heterocycles. The van der Waals surface area contributed by atoms with Crippen molar-refractivity contribution >= 4 is 5.91 Å². The molecule has 1 aliphatic heterocycles. The Labute approximate surface area is 141 Å². The maximum Gasteiger partial charge on any atom is 0.240 e. The van der Waals surface area contributed by atoms with Gasteiger partial charge in [-0.1, -0.05) is 18.5 Å². The Bertz CT molecular complexity index is 673. The van der Waals surface area contributed by atoms with Crippen LogP contribution in [0, 0.1) is 5.92 Å². The number of amides is 1. The third kappa shape index (κ3) is 3.96. The van der Waals surface area contributed by atoms with Gasteiger partial charge < -0.3 is 9.42 Å². The summed E-state index contributed by atoms with van der Waals surface area (Å²) in [5.74, 6) is 1.95. The first-order valence-corrected chi connectivity index (χ1v) is 8.53. The Morgan fingerprint density at radius 1 is 1.25 bits per heavy atom. The van der Waals surface area contributed by atoms with Gasteiger partial charge in [0.25, 0.3) is 0 Å². The number of carbonyl (C=O) groups is 1. The fourth-order valence-electron chi connectivity index (χ4n) is 3.09. The van der Waals surface area contributed by atoms with Crippen molar-refractivity contribution in [2.24, 2.45) is 5.92 Å². The molecule has 128 valence electrons. The third-order valence-electron chi connectivity index (χ3n) is 4.47. The molecule has 0 unspecified atom stereocenters. The van der Waals surface area contributed by atoms with E-state index in [4.69, 9.17) is 4.52 Å². The van der Waals surface area contributed by atoms with Gasteiger partial charge in [0.15, 0.2) is 0 Å². The average Bonchev–Trinajstić information content (AvgIpc) is 3.00. The quantitative estimate of drug-likeness (QED) is 0.857. The van der Waals surface area contributed by atoms with Crippen LogP contribution in [0.4, 0.5) is 0 Å². The monoisotopic (exact) mass is 329 g/mol. The zero-order valence-corrected chi connectivity index (χ0v) is 14.2. The van der Waals surface area contributed by atoms with Crippen molar-refractivity contribution in [3.05, 3.63) is 24.4 Å². The lowest BCUT2D eigenvalue weighted by Gasteiger charge is -2.28. The van der Waals surface area contributed by atoms with E-state index >= 15 is 0 Å². The van der Waals surface area contributed by atoms with Crippen LogP contribution in [0.15, 0.2) is 23.0 Å². The molecule has 1 fully saturated rings. The van der Waals surface area contributed by atoms with Gasteiger partial charge in [0.1, 0.15) is 0 Å². The summed E-state index contributed by atoms with van der Waals surface area (Å²) in [6, 6.07) is 2.03. The first-order chi connectivity index (χ1) is 11.6. The zero-order chi connectivity index (χ0) is 16.9. The van der Waals surface area contributed by atoms with Crippen LogP contribution < -0.4 is 0 Å². The number of carbonyl (C=O) groups excluding carboxylic acids is 1. The predicted octanol–water partition coefficient (Wildman–Crippen LogP) is 2.50. The van der Waals surface area contributed by atoms with Crippen molar-refractivity contribution in [1.29, 1.82) is 0 Å². The fraction of sp³-hybridized carbons (Fsp3) is 0.588. The van der Waals surface area contributed by atoms with E-state index in [1.807, 2.05) is 4.90 Å². The maximum absolute atomic E-state index is 12.6. The molecule has 1 amide bonds. The van der Waals surface area contributed by atoms with Crippen LogP contribution in [0.5, 0.6) is 0 Å². The molecule has 0 aliphatic carbocycles. The molecule has 0 N–H and O–H groups in total. The van der Waals surface area contributed by atoms with Gasteiger partial charge in [-0.2, -0.15) is 4.98 Å². The van der Waals surface area contributed by atoms with Crippen molar-refractivity contribution in [3.8, 4) is 11.6 Å². The highest BCUT2D eigenvalue weighted by Crippen LogP contribution is 2.21. The van der Waals surface area contributed by atoms with E-state index in [-0.39, 0.29) is 5.91 Å². The summed E-state index contributed by atoms with van der Waals surface area (Å²) >= 11 is 0. The van der Waals surface area contributed by atoms with Crippen molar-refractivity contribution in [3.63, 3.8) is 0 Å². The molecule has 0 aromatic carbocycles. The van der Waals surface area contributed by atoms with E-state index in [2.05, 4.69) is 34.0 Å². The number of hydrogen-bond acceptors (Lipinski definition) is 6. The number of rotatable bonds is 4. The topological polar surface area (TPSA) is 85.0 Å². The van der Waals surface area contributed by atoms with Crippen molar-refractivity contribution in [1.82, 2.24) is 25.0 Å². The Hall–Kier alpha value is -2.31. The third-order valence-corrected chi connectivity index (χ3v) is 4.47. The molecular formula is C17H23N5O2. The highest BCUT2D eigenvalue weighted by atomic mass is 16.5. The molecular weight excluding hydrogens is 306 g/mol. The molecule has 0 saturated carbocycles. The van der Waals surface area contributed by atoms with Crippen LogP contribution in [0.2, 0.25) is 0 Å². The standard InChI is InChI=1S/C17H23N5O2/c1-12-5-3-6-13(2)22(11-12)15(23)8-7-14-20-17(21-24-14)16-18-9-4-10-19-16/h4,9-10,12-13H,3,5-8,11H2,1-2H3/t12-,13-/m1/s1. The lowest BCUT2D eigenvalue weighted by molar-refractivity contribution is -0.133. The molecule has 3 rings (SSSR count). The van der Waals surface area contributed by atoms with Crippen molar-refractivity contribution in [2.45, 2.75) is 52.0 Å². The SMILES string of the molecule is C[C@@H]1CCC[C@@H](C)N(C(=O)CCc2nc(-c3ncccn3)no2)C1. The molecule has 3 heterocycles. The Balaban J connectivity index is 1.59. The molecule has 7 heteroatoms. The van der Waals surface area contributed by atoms with Crippen LogP contribution in [0.25, 0.3) is 11.6 Å². The van der Waals surface area contributed by atoms with Crippen LogP contribution in [-0.4, -0.2) is 43.5 Å². The first kappa shape index (κ1) is 16.5. The summed E-state index contributed by atoms with van der Waals surface area (Å²) in [4.78, 5) is 27.0. The van der Waals surface area contributed by atoms with E-state index in [0.717, 1.165) is 13.0 Å². The van der Waals surface area contributed by atoms with E-state index < -0.39 is 0 Å². The summed E-state index contributed by atoms with van der Waals surface area (Å²) in [6.07, 6.45) is 7.54. The Morgan fingerprint density at radius 3 is 2.83 bits per heavy atom. The molecule has 7 nitrogen and oxygen atoms in total.